The maximum Gasteiger partial charge on any atom is 0.0418 e. The third-order valence-corrected chi connectivity index (χ3v) is 6.84. The second-order valence-electron chi connectivity index (χ2n) is 6.88. The highest BCUT2D eigenvalue weighted by Crippen LogP contribution is 2.40. The fraction of sp³-hybridized carbons (Fsp3) is 0.778. The van der Waals surface area contributed by atoms with Crippen molar-refractivity contribution in [2.45, 2.75) is 77.2 Å². The fourth-order valence-corrected chi connectivity index (χ4v) is 5.47. The summed E-state index contributed by atoms with van der Waals surface area (Å²) < 4.78 is 0. The Labute approximate surface area is 128 Å². The first-order chi connectivity index (χ1) is 9.78. The third-order valence-electron chi connectivity index (χ3n) is 5.50. The van der Waals surface area contributed by atoms with Crippen LogP contribution in [0.5, 0.6) is 0 Å². The fourth-order valence-electron chi connectivity index (χ4n) is 4.12. The van der Waals surface area contributed by atoms with Crippen molar-refractivity contribution in [2.24, 2.45) is 17.6 Å². The van der Waals surface area contributed by atoms with Gasteiger partial charge < -0.3 is 5.73 Å². The normalized spacial score (nSPS) is 28.7. The summed E-state index contributed by atoms with van der Waals surface area (Å²) in [5, 5.41) is 0. The molecule has 0 bridgehead atoms. The van der Waals surface area contributed by atoms with Crippen molar-refractivity contribution in [3.8, 4) is 0 Å². The molecule has 1 saturated carbocycles. The minimum absolute atomic E-state index is 0.307. The molecular formula is C18H29NS. The summed E-state index contributed by atoms with van der Waals surface area (Å²) in [5.41, 5.74) is 8.27. The van der Waals surface area contributed by atoms with Crippen LogP contribution in [0.25, 0.3) is 0 Å². The SMILES string of the molecule is CCC1CCCC(C(N)c2cc3c(s2)CCCCC3)C1. The molecule has 3 atom stereocenters. The second-order valence-corrected chi connectivity index (χ2v) is 8.05. The summed E-state index contributed by atoms with van der Waals surface area (Å²) in [6, 6.07) is 2.77. The molecule has 0 radical (unpaired) electrons. The van der Waals surface area contributed by atoms with Gasteiger partial charge in [-0.15, -0.1) is 11.3 Å². The summed E-state index contributed by atoms with van der Waals surface area (Å²) in [6.07, 6.45) is 13.6. The zero-order valence-corrected chi connectivity index (χ0v) is 13.7. The van der Waals surface area contributed by atoms with Crippen LogP contribution >= 0.6 is 11.3 Å². The molecule has 1 heterocycles. The number of nitrogens with two attached hydrogens (primary N) is 1. The van der Waals surface area contributed by atoms with Crippen LogP contribution in [-0.2, 0) is 12.8 Å². The van der Waals surface area contributed by atoms with E-state index in [1.165, 1.54) is 69.1 Å². The van der Waals surface area contributed by atoms with Crippen molar-refractivity contribution in [3.05, 3.63) is 21.4 Å². The van der Waals surface area contributed by atoms with Crippen LogP contribution < -0.4 is 5.73 Å². The molecule has 0 saturated heterocycles. The van der Waals surface area contributed by atoms with Crippen LogP contribution in [0.3, 0.4) is 0 Å². The van der Waals surface area contributed by atoms with Gasteiger partial charge in [-0.1, -0.05) is 32.6 Å². The van der Waals surface area contributed by atoms with E-state index in [0.29, 0.717) is 6.04 Å². The van der Waals surface area contributed by atoms with Crippen LogP contribution in [0.2, 0.25) is 0 Å². The van der Waals surface area contributed by atoms with Gasteiger partial charge in [0.15, 0.2) is 0 Å². The smallest absolute Gasteiger partial charge is 0.0418 e. The maximum atomic E-state index is 6.65. The van der Waals surface area contributed by atoms with Gasteiger partial charge in [-0.25, -0.2) is 0 Å². The summed E-state index contributed by atoms with van der Waals surface area (Å²) >= 11 is 2.03. The minimum atomic E-state index is 0.307. The second kappa shape index (κ2) is 6.62. The molecule has 3 unspecified atom stereocenters. The van der Waals surface area contributed by atoms with Crippen LogP contribution in [0, 0.1) is 11.8 Å². The largest absolute Gasteiger partial charge is 0.323 e. The highest BCUT2D eigenvalue weighted by Gasteiger charge is 2.28. The van der Waals surface area contributed by atoms with Crippen molar-refractivity contribution in [3.63, 3.8) is 0 Å². The number of aryl methyl sites for hydroxylation is 2. The van der Waals surface area contributed by atoms with Crippen LogP contribution in [0.4, 0.5) is 0 Å². The van der Waals surface area contributed by atoms with Gasteiger partial charge in [-0.3, -0.25) is 0 Å². The summed E-state index contributed by atoms with van der Waals surface area (Å²) in [6.45, 7) is 2.34. The van der Waals surface area contributed by atoms with Gasteiger partial charge in [-0.05, 0) is 62.0 Å². The van der Waals surface area contributed by atoms with E-state index in [0.717, 1.165) is 11.8 Å². The van der Waals surface area contributed by atoms with Gasteiger partial charge in [0.05, 0.1) is 0 Å². The minimum Gasteiger partial charge on any atom is -0.323 e. The Morgan fingerprint density at radius 3 is 2.90 bits per heavy atom. The van der Waals surface area contributed by atoms with Gasteiger partial charge in [0.25, 0.3) is 0 Å². The molecule has 112 valence electrons. The number of hydrogen-bond acceptors (Lipinski definition) is 2. The quantitative estimate of drug-likeness (QED) is 0.758. The van der Waals surface area contributed by atoms with Crippen molar-refractivity contribution >= 4 is 11.3 Å². The van der Waals surface area contributed by atoms with E-state index >= 15 is 0 Å². The molecule has 3 rings (SSSR count). The zero-order valence-electron chi connectivity index (χ0n) is 12.9. The number of thiophene rings is 1. The first-order valence-electron chi connectivity index (χ1n) is 8.65. The molecule has 1 fully saturated rings. The Morgan fingerprint density at radius 2 is 2.05 bits per heavy atom. The number of fused-ring (bicyclic) bond motifs is 1. The van der Waals surface area contributed by atoms with E-state index in [1.54, 1.807) is 10.4 Å². The topological polar surface area (TPSA) is 26.0 Å². The van der Waals surface area contributed by atoms with Crippen molar-refractivity contribution in [1.82, 2.24) is 0 Å². The molecule has 2 aliphatic carbocycles. The molecule has 1 aromatic rings. The molecule has 0 spiro atoms. The van der Waals surface area contributed by atoms with Gasteiger partial charge in [-0.2, -0.15) is 0 Å². The van der Waals surface area contributed by atoms with Crippen LogP contribution in [-0.4, -0.2) is 0 Å². The number of rotatable bonds is 3. The van der Waals surface area contributed by atoms with Gasteiger partial charge in [0, 0.05) is 15.8 Å². The summed E-state index contributed by atoms with van der Waals surface area (Å²) in [4.78, 5) is 3.13. The first kappa shape index (κ1) is 14.6. The average Bonchev–Trinajstić information content (AvgIpc) is 2.77. The van der Waals surface area contributed by atoms with E-state index in [4.69, 9.17) is 5.73 Å². The lowest BCUT2D eigenvalue weighted by molar-refractivity contribution is 0.232. The van der Waals surface area contributed by atoms with E-state index in [-0.39, 0.29) is 0 Å². The van der Waals surface area contributed by atoms with E-state index < -0.39 is 0 Å². The van der Waals surface area contributed by atoms with Gasteiger partial charge in [0.1, 0.15) is 0 Å². The molecule has 2 heteroatoms. The molecule has 2 aliphatic rings. The maximum absolute atomic E-state index is 6.65. The van der Waals surface area contributed by atoms with E-state index in [9.17, 15) is 0 Å². The summed E-state index contributed by atoms with van der Waals surface area (Å²) in [7, 11) is 0. The molecule has 2 N–H and O–H groups in total. The van der Waals surface area contributed by atoms with Crippen molar-refractivity contribution < 1.29 is 0 Å². The average molecular weight is 292 g/mol. The first-order valence-corrected chi connectivity index (χ1v) is 9.46. The predicted octanol–water partition coefficient (Wildman–Crippen LogP) is 5.23. The lowest BCUT2D eigenvalue weighted by Crippen LogP contribution is -2.26. The molecule has 1 aromatic heterocycles. The highest BCUT2D eigenvalue weighted by atomic mass is 32.1. The predicted molar refractivity (Wildman–Crippen MR) is 88.2 cm³/mol. The summed E-state index contributed by atoms with van der Waals surface area (Å²) in [5.74, 6) is 1.66. The molecular weight excluding hydrogens is 262 g/mol. The molecule has 1 nitrogen and oxygen atoms in total. The monoisotopic (exact) mass is 291 g/mol. The third kappa shape index (κ3) is 3.12. The Morgan fingerprint density at radius 1 is 1.20 bits per heavy atom. The van der Waals surface area contributed by atoms with Crippen molar-refractivity contribution in [2.75, 3.05) is 0 Å². The molecule has 0 aromatic carbocycles. The Kier molecular flexibility index (Phi) is 4.83. The standard InChI is InChI=1S/C18H29NS/c1-2-13-7-6-9-15(11-13)18(19)17-12-14-8-4-3-5-10-16(14)20-17/h12-13,15,18H,2-11,19H2,1H3. The van der Waals surface area contributed by atoms with Crippen LogP contribution in [0.15, 0.2) is 6.07 Å². The Bertz CT molecular complexity index is 413. The van der Waals surface area contributed by atoms with Gasteiger partial charge >= 0.3 is 0 Å². The van der Waals surface area contributed by atoms with Crippen LogP contribution in [0.1, 0.15) is 79.6 Å². The molecule has 0 aliphatic heterocycles. The molecule has 20 heavy (non-hydrogen) atoms. The lowest BCUT2D eigenvalue weighted by atomic mass is 9.76. The lowest BCUT2D eigenvalue weighted by Gasteiger charge is -2.32. The Hall–Kier alpha value is -0.340. The molecule has 0 amide bonds. The number of hydrogen-bond donors (Lipinski definition) is 1. The van der Waals surface area contributed by atoms with Gasteiger partial charge in [0.2, 0.25) is 0 Å². The highest BCUT2D eigenvalue weighted by molar-refractivity contribution is 7.12. The van der Waals surface area contributed by atoms with E-state index in [2.05, 4.69) is 13.0 Å². The Balaban J connectivity index is 1.72. The van der Waals surface area contributed by atoms with Crippen molar-refractivity contribution in [1.29, 1.82) is 0 Å². The van der Waals surface area contributed by atoms with E-state index in [1.807, 2.05) is 11.3 Å². The zero-order chi connectivity index (χ0) is 13.9.